The lowest BCUT2D eigenvalue weighted by Crippen LogP contribution is -2.33. The van der Waals surface area contributed by atoms with E-state index in [-0.39, 0.29) is 17.2 Å². The van der Waals surface area contributed by atoms with Gasteiger partial charge >= 0.3 is 0 Å². The third-order valence-corrected chi connectivity index (χ3v) is 3.66. The summed E-state index contributed by atoms with van der Waals surface area (Å²) in [6.07, 6.45) is 0.929. The molecular formula is C13H17N3O4. The van der Waals surface area contributed by atoms with Crippen LogP contribution in [0.5, 0.6) is 0 Å². The minimum absolute atomic E-state index is 0.168. The number of carbonyl (C=O) groups excluding carboxylic acids is 1. The third kappa shape index (κ3) is 2.57. The van der Waals surface area contributed by atoms with Crippen LogP contribution in [0.2, 0.25) is 0 Å². The van der Waals surface area contributed by atoms with E-state index in [2.05, 4.69) is 10.6 Å². The molecule has 1 aromatic carbocycles. The van der Waals surface area contributed by atoms with E-state index < -0.39 is 16.6 Å². The van der Waals surface area contributed by atoms with Crippen molar-refractivity contribution in [2.24, 2.45) is 0 Å². The van der Waals surface area contributed by atoms with Crippen LogP contribution in [0.1, 0.15) is 30.1 Å². The Hall–Kier alpha value is -2.15. The van der Waals surface area contributed by atoms with Crippen molar-refractivity contribution in [1.29, 1.82) is 0 Å². The molecule has 1 atom stereocenters. The maximum absolute atomic E-state index is 11.5. The van der Waals surface area contributed by atoms with Crippen LogP contribution < -0.4 is 10.6 Å². The highest BCUT2D eigenvalue weighted by molar-refractivity contribution is 5.95. The average molecular weight is 279 g/mol. The first kappa shape index (κ1) is 14.3. The van der Waals surface area contributed by atoms with E-state index in [0.29, 0.717) is 5.69 Å². The normalized spacial score (nSPS) is 17.1. The Morgan fingerprint density at radius 1 is 1.50 bits per heavy atom. The fourth-order valence-corrected chi connectivity index (χ4v) is 2.12. The fraction of sp³-hybridized carbons (Fsp3) is 0.462. The molecule has 3 N–H and O–H groups in total. The van der Waals surface area contributed by atoms with Gasteiger partial charge in [-0.2, -0.15) is 0 Å². The van der Waals surface area contributed by atoms with Crippen LogP contribution in [0.3, 0.4) is 0 Å². The molecule has 0 saturated heterocycles. The Morgan fingerprint density at radius 3 is 2.60 bits per heavy atom. The van der Waals surface area contributed by atoms with Gasteiger partial charge in [-0.1, -0.05) is 0 Å². The van der Waals surface area contributed by atoms with Gasteiger partial charge < -0.3 is 15.7 Å². The van der Waals surface area contributed by atoms with E-state index in [9.17, 15) is 20.0 Å². The number of hydrogen-bond acceptors (Lipinski definition) is 5. The molecule has 7 nitrogen and oxygen atoms in total. The zero-order chi connectivity index (χ0) is 14.9. The Kier molecular flexibility index (Phi) is 3.63. The lowest BCUT2D eigenvalue weighted by Gasteiger charge is -2.21. The number of nitro groups is 1. The zero-order valence-corrected chi connectivity index (χ0v) is 11.3. The van der Waals surface area contributed by atoms with Gasteiger partial charge in [-0.05, 0) is 31.9 Å². The Labute approximate surface area is 116 Å². The molecule has 20 heavy (non-hydrogen) atoms. The lowest BCUT2D eigenvalue weighted by atomic mass is 10.1. The number of nitrogens with one attached hydrogen (secondary N) is 2. The van der Waals surface area contributed by atoms with Crippen LogP contribution in [0, 0.1) is 10.1 Å². The molecular weight excluding hydrogens is 262 g/mol. The Bertz CT molecular complexity index is 553. The molecule has 0 radical (unpaired) electrons. The maximum Gasteiger partial charge on any atom is 0.293 e. The van der Waals surface area contributed by atoms with Crippen LogP contribution in [0.15, 0.2) is 18.2 Å². The number of nitrogens with zero attached hydrogens (tertiary/aromatic N) is 1. The van der Waals surface area contributed by atoms with E-state index in [4.69, 9.17) is 0 Å². The summed E-state index contributed by atoms with van der Waals surface area (Å²) >= 11 is 0. The summed E-state index contributed by atoms with van der Waals surface area (Å²) in [5, 5.41) is 26.3. The monoisotopic (exact) mass is 279 g/mol. The molecule has 7 heteroatoms. The van der Waals surface area contributed by atoms with Crippen molar-refractivity contribution >= 4 is 17.3 Å². The first-order valence-corrected chi connectivity index (χ1v) is 6.36. The van der Waals surface area contributed by atoms with E-state index in [0.717, 1.165) is 12.8 Å². The lowest BCUT2D eigenvalue weighted by molar-refractivity contribution is -0.384. The molecule has 1 aromatic rings. The highest BCUT2D eigenvalue weighted by atomic mass is 16.6. The van der Waals surface area contributed by atoms with Gasteiger partial charge in [0.05, 0.1) is 16.6 Å². The second kappa shape index (κ2) is 5.09. The van der Waals surface area contributed by atoms with Gasteiger partial charge in [-0.3, -0.25) is 14.9 Å². The number of amides is 1. The van der Waals surface area contributed by atoms with Crippen molar-refractivity contribution in [3.8, 4) is 0 Å². The number of nitro benzene ring substituents is 1. The van der Waals surface area contributed by atoms with Crippen molar-refractivity contribution in [3.05, 3.63) is 33.9 Å². The number of carbonyl (C=O) groups is 1. The molecule has 0 aromatic heterocycles. The van der Waals surface area contributed by atoms with Crippen LogP contribution in [0.4, 0.5) is 11.4 Å². The highest BCUT2D eigenvalue weighted by Crippen LogP contribution is 2.43. The summed E-state index contributed by atoms with van der Waals surface area (Å²) < 4.78 is 0. The van der Waals surface area contributed by atoms with E-state index >= 15 is 0 Å². The molecule has 1 unspecified atom stereocenters. The highest BCUT2D eigenvalue weighted by Gasteiger charge is 2.47. The second-order valence-electron chi connectivity index (χ2n) is 5.03. The number of anilines is 1. The summed E-state index contributed by atoms with van der Waals surface area (Å²) in [5.41, 5.74) is -0.107. The van der Waals surface area contributed by atoms with Crippen LogP contribution >= 0.6 is 0 Å². The Morgan fingerprint density at radius 2 is 2.15 bits per heavy atom. The van der Waals surface area contributed by atoms with Crippen LogP contribution in [-0.2, 0) is 0 Å². The zero-order valence-electron chi connectivity index (χ0n) is 11.3. The number of rotatable bonds is 5. The minimum atomic E-state index is -0.597. The topological polar surface area (TPSA) is 104 Å². The Balaban J connectivity index is 2.34. The molecule has 0 spiro atoms. The average Bonchev–Trinajstić information content (AvgIpc) is 3.19. The van der Waals surface area contributed by atoms with E-state index in [1.807, 2.05) is 0 Å². The van der Waals surface area contributed by atoms with Crippen molar-refractivity contribution in [2.75, 3.05) is 12.4 Å². The fourth-order valence-electron chi connectivity index (χ4n) is 2.12. The quantitative estimate of drug-likeness (QED) is 0.556. The largest absolute Gasteiger partial charge is 0.391 e. The first-order chi connectivity index (χ1) is 9.39. The summed E-state index contributed by atoms with van der Waals surface area (Å²) in [7, 11) is 1.47. The first-order valence-electron chi connectivity index (χ1n) is 6.36. The summed E-state index contributed by atoms with van der Waals surface area (Å²) in [6.45, 7) is 1.66. The molecule has 0 aliphatic heterocycles. The molecule has 1 aliphatic rings. The molecule has 1 fully saturated rings. The van der Waals surface area contributed by atoms with Crippen LogP contribution in [-0.4, -0.2) is 34.6 Å². The third-order valence-electron chi connectivity index (χ3n) is 3.66. The predicted octanol–water partition coefficient (Wildman–Crippen LogP) is 1.28. The van der Waals surface area contributed by atoms with Crippen molar-refractivity contribution < 1.29 is 14.8 Å². The van der Waals surface area contributed by atoms with Gasteiger partial charge in [0, 0.05) is 18.7 Å². The number of aliphatic hydroxyl groups excluding tert-OH is 1. The molecule has 1 amide bonds. The minimum Gasteiger partial charge on any atom is -0.391 e. The summed E-state index contributed by atoms with van der Waals surface area (Å²) in [4.78, 5) is 22.1. The van der Waals surface area contributed by atoms with Crippen LogP contribution in [0.25, 0.3) is 0 Å². The number of benzene rings is 1. The van der Waals surface area contributed by atoms with Crippen molar-refractivity contribution in [3.63, 3.8) is 0 Å². The molecule has 0 bridgehead atoms. The van der Waals surface area contributed by atoms with Gasteiger partial charge in [0.25, 0.3) is 11.6 Å². The van der Waals surface area contributed by atoms with Crippen molar-refractivity contribution in [1.82, 2.24) is 5.32 Å². The molecule has 1 saturated carbocycles. The predicted molar refractivity (Wildman–Crippen MR) is 73.8 cm³/mol. The second-order valence-corrected chi connectivity index (χ2v) is 5.03. The van der Waals surface area contributed by atoms with Gasteiger partial charge in [0.1, 0.15) is 5.69 Å². The van der Waals surface area contributed by atoms with Gasteiger partial charge in [0.15, 0.2) is 0 Å². The number of hydrogen-bond donors (Lipinski definition) is 3. The smallest absolute Gasteiger partial charge is 0.293 e. The van der Waals surface area contributed by atoms with Gasteiger partial charge in [-0.15, -0.1) is 0 Å². The standard InChI is InChI=1S/C13H17N3O4/c1-8(17)13(5-6-13)15-10-4-3-9(12(18)14-2)7-11(10)16(19)20/h3-4,7-8,15,17H,5-6H2,1-2H3,(H,14,18). The SMILES string of the molecule is CNC(=O)c1ccc(NC2(C(C)O)CC2)c([N+](=O)[O-])c1. The van der Waals surface area contributed by atoms with E-state index in [1.165, 1.54) is 25.2 Å². The molecule has 0 heterocycles. The molecule has 108 valence electrons. The van der Waals surface area contributed by atoms with E-state index in [1.54, 1.807) is 6.92 Å². The van der Waals surface area contributed by atoms with Crippen molar-refractivity contribution in [2.45, 2.75) is 31.4 Å². The summed E-state index contributed by atoms with van der Waals surface area (Å²) in [5.74, 6) is -0.378. The summed E-state index contributed by atoms with van der Waals surface area (Å²) in [6, 6.07) is 4.26. The maximum atomic E-state index is 11.5. The number of aliphatic hydroxyl groups is 1. The van der Waals surface area contributed by atoms with Gasteiger partial charge in [0.2, 0.25) is 0 Å². The van der Waals surface area contributed by atoms with Gasteiger partial charge in [-0.25, -0.2) is 0 Å². The molecule has 1 aliphatic carbocycles. The molecule has 2 rings (SSSR count).